The van der Waals surface area contributed by atoms with Gasteiger partial charge in [-0.15, -0.1) is 0 Å². The Labute approximate surface area is 121 Å². The minimum Gasteiger partial charge on any atom is -0.393 e. The van der Waals surface area contributed by atoms with Gasteiger partial charge in [-0.25, -0.2) is 0 Å². The standard InChI is InChI=1S/C15H15N3O3/c1-10-5-3-6-11(9-10)17(2)15(19)12-7-4-8-13(14(12)16)18(20)21/h3-9H,16H2,1-2H3. The van der Waals surface area contributed by atoms with Crippen LogP contribution >= 0.6 is 0 Å². The van der Waals surface area contributed by atoms with Crippen molar-refractivity contribution in [3.05, 3.63) is 63.7 Å². The maximum atomic E-state index is 12.5. The summed E-state index contributed by atoms with van der Waals surface area (Å²) in [6.45, 7) is 1.92. The zero-order valence-corrected chi connectivity index (χ0v) is 11.7. The van der Waals surface area contributed by atoms with E-state index >= 15 is 0 Å². The lowest BCUT2D eigenvalue weighted by Gasteiger charge is -2.18. The molecule has 108 valence electrons. The third-order valence-corrected chi connectivity index (χ3v) is 3.20. The predicted molar refractivity (Wildman–Crippen MR) is 81.4 cm³/mol. The normalized spacial score (nSPS) is 10.2. The first-order chi connectivity index (χ1) is 9.91. The van der Waals surface area contributed by atoms with Crippen molar-refractivity contribution in [3.63, 3.8) is 0 Å². The fourth-order valence-electron chi connectivity index (χ4n) is 2.03. The molecule has 2 aromatic rings. The van der Waals surface area contributed by atoms with Crippen LogP contribution in [0.4, 0.5) is 17.1 Å². The number of hydrogen-bond acceptors (Lipinski definition) is 4. The lowest BCUT2D eigenvalue weighted by atomic mass is 10.1. The molecule has 2 rings (SSSR count). The highest BCUT2D eigenvalue weighted by Crippen LogP contribution is 2.27. The molecule has 6 nitrogen and oxygen atoms in total. The van der Waals surface area contributed by atoms with Crippen LogP contribution in [-0.4, -0.2) is 17.9 Å². The number of amides is 1. The summed E-state index contributed by atoms with van der Waals surface area (Å²) in [6.07, 6.45) is 0. The van der Waals surface area contributed by atoms with E-state index in [4.69, 9.17) is 5.73 Å². The van der Waals surface area contributed by atoms with Gasteiger partial charge in [-0.1, -0.05) is 18.2 Å². The lowest BCUT2D eigenvalue weighted by Crippen LogP contribution is -2.27. The molecule has 2 aromatic carbocycles. The third-order valence-electron chi connectivity index (χ3n) is 3.20. The number of nitrogen functional groups attached to an aromatic ring is 1. The highest BCUT2D eigenvalue weighted by atomic mass is 16.6. The van der Waals surface area contributed by atoms with Crippen molar-refractivity contribution in [2.75, 3.05) is 17.7 Å². The van der Waals surface area contributed by atoms with Gasteiger partial charge in [0.15, 0.2) is 0 Å². The van der Waals surface area contributed by atoms with Gasteiger partial charge in [0.1, 0.15) is 5.69 Å². The summed E-state index contributed by atoms with van der Waals surface area (Å²) in [5, 5.41) is 10.9. The Morgan fingerprint density at radius 1 is 1.24 bits per heavy atom. The van der Waals surface area contributed by atoms with Crippen molar-refractivity contribution in [2.45, 2.75) is 6.92 Å². The predicted octanol–water partition coefficient (Wildman–Crippen LogP) is 2.76. The molecule has 0 aliphatic rings. The SMILES string of the molecule is Cc1cccc(N(C)C(=O)c2cccc([N+](=O)[O-])c2N)c1. The maximum Gasteiger partial charge on any atom is 0.292 e. The lowest BCUT2D eigenvalue weighted by molar-refractivity contribution is -0.383. The van der Waals surface area contributed by atoms with Crippen molar-refractivity contribution in [3.8, 4) is 0 Å². The number of nitro groups is 1. The summed E-state index contributed by atoms with van der Waals surface area (Å²) in [7, 11) is 1.61. The van der Waals surface area contributed by atoms with Crippen molar-refractivity contribution in [1.82, 2.24) is 0 Å². The van der Waals surface area contributed by atoms with E-state index in [0.717, 1.165) is 5.56 Å². The van der Waals surface area contributed by atoms with E-state index in [0.29, 0.717) is 5.69 Å². The van der Waals surface area contributed by atoms with Gasteiger partial charge in [0, 0.05) is 18.8 Å². The third kappa shape index (κ3) is 2.84. The van der Waals surface area contributed by atoms with Crippen LogP contribution < -0.4 is 10.6 Å². The fourth-order valence-corrected chi connectivity index (χ4v) is 2.03. The monoisotopic (exact) mass is 285 g/mol. The quantitative estimate of drug-likeness (QED) is 0.533. The van der Waals surface area contributed by atoms with Gasteiger partial charge in [-0.3, -0.25) is 14.9 Å². The Morgan fingerprint density at radius 2 is 1.90 bits per heavy atom. The summed E-state index contributed by atoms with van der Waals surface area (Å²) in [5.74, 6) is -0.387. The minimum absolute atomic E-state index is 0.119. The minimum atomic E-state index is -0.598. The van der Waals surface area contributed by atoms with Crippen LogP contribution in [0.5, 0.6) is 0 Å². The van der Waals surface area contributed by atoms with E-state index in [1.165, 1.54) is 23.1 Å². The highest BCUT2D eigenvalue weighted by molar-refractivity contribution is 6.10. The smallest absolute Gasteiger partial charge is 0.292 e. The zero-order chi connectivity index (χ0) is 15.6. The van der Waals surface area contributed by atoms with Crippen molar-refractivity contribution in [2.24, 2.45) is 0 Å². The second-order valence-electron chi connectivity index (χ2n) is 4.70. The van der Waals surface area contributed by atoms with Gasteiger partial charge in [-0.05, 0) is 30.7 Å². The van der Waals surface area contributed by atoms with E-state index in [9.17, 15) is 14.9 Å². The molecule has 0 aromatic heterocycles. The maximum absolute atomic E-state index is 12.5. The van der Waals surface area contributed by atoms with Gasteiger partial charge in [0.05, 0.1) is 10.5 Å². The number of para-hydroxylation sites is 1. The average molecular weight is 285 g/mol. The molecule has 0 radical (unpaired) electrons. The molecule has 0 spiro atoms. The van der Waals surface area contributed by atoms with Crippen molar-refractivity contribution >= 4 is 23.0 Å². The fraction of sp³-hybridized carbons (Fsp3) is 0.133. The number of rotatable bonds is 3. The van der Waals surface area contributed by atoms with Crippen LogP contribution in [0.2, 0.25) is 0 Å². The first kappa shape index (κ1) is 14.5. The van der Waals surface area contributed by atoms with Crippen LogP contribution in [0.15, 0.2) is 42.5 Å². The molecule has 0 saturated carbocycles. The van der Waals surface area contributed by atoms with E-state index in [2.05, 4.69) is 0 Å². The Morgan fingerprint density at radius 3 is 2.52 bits per heavy atom. The number of nitrogens with two attached hydrogens (primary N) is 1. The van der Waals surface area contributed by atoms with E-state index in [-0.39, 0.29) is 22.8 Å². The van der Waals surface area contributed by atoms with Crippen LogP contribution in [0, 0.1) is 17.0 Å². The number of hydrogen-bond donors (Lipinski definition) is 1. The summed E-state index contributed by atoms with van der Waals surface area (Å²) in [5.41, 5.74) is 7.19. The second kappa shape index (κ2) is 5.62. The zero-order valence-electron chi connectivity index (χ0n) is 11.7. The first-order valence-electron chi connectivity index (χ1n) is 6.29. The number of aryl methyl sites for hydroxylation is 1. The van der Waals surface area contributed by atoms with Gasteiger partial charge < -0.3 is 10.6 Å². The summed E-state index contributed by atoms with van der Waals surface area (Å²) in [6, 6.07) is 11.6. The number of nitrogens with zero attached hydrogens (tertiary/aromatic N) is 2. The number of benzene rings is 2. The molecule has 21 heavy (non-hydrogen) atoms. The van der Waals surface area contributed by atoms with Crippen LogP contribution in [0.25, 0.3) is 0 Å². The number of carbonyl (C=O) groups excluding carboxylic acids is 1. The van der Waals surface area contributed by atoms with Crippen molar-refractivity contribution < 1.29 is 9.72 Å². The molecule has 6 heteroatoms. The van der Waals surface area contributed by atoms with Gasteiger partial charge in [-0.2, -0.15) is 0 Å². The molecular formula is C15H15N3O3. The molecule has 0 saturated heterocycles. The molecule has 0 atom stereocenters. The van der Waals surface area contributed by atoms with E-state index < -0.39 is 4.92 Å². The molecule has 2 N–H and O–H groups in total. The first-order valence-corrected chi connectivity index (χ1v) is 6.29. The Bertz CT molecular complexity index is 713. The summed E-state index contributed by atoms with van der Waals surface area (Å²) < 4.78 is 0. The van der Waals surface area contributed by atoms with Crippen molar-refractivity contribution in [1.29, 1.82) is 0 Å². The Hall–Kier alpha value is -2.89. The Kier molecular flexibility index (Phi) is 3.89. The summed E-state index contributed by atoms with van der Waals surface area (Å²) in [4.78, 5) is 24.2. The number of anilines is 2. The number of carbonyl (C=O) groups is 1. The molecule has 1 amide bonds. The average Bonchev–Trinajstić information content (AvgIpc) is 2.45. The van der Waals surface area contributed by atoms with Gasteiger partial charge in [0.2, 0.25) is 0 Å². The molecular weight excluding hydrogens is 270 g/mol. The molecule has 0 bridgehead atoms. The highest BCUT2D eigenvalue weighted by Gasteiger charge is 2.22. The van der Waals surface area contributed by atoms with Crippen LogP contribution in [-0.2, 0) is 0 Å². The molecule has 0 unspecified atom stereocenters. The second-order valence-corrected chi connectivity index (χ2v) is 4.70. The van der Waals surface area contributed by atoms with Gasteiger partial charge in [0.25, 0.3) is 11.6 Å². The number of nitro benzene ring substituents is 1. The summed E-state index contributed by atoms with van der Waals surface area (Å²) >= 11 is 0. The Balaban J connectivity index is 2.41. The largest absolute Gasteiger partial charge is 0.393 e. The van der Waals surface area contributed by atoms with E-state index in [1.807, 2.05) is 25.1 Å². The molecule has 0 aliphatic heterocycles. The van der Waals surface area contributed by atoms with E-state index in [1.54, 1.807) is 13.1 Å². The topological polar surface area (TPSA) is 89.5 Å². The van der Waals surface area contributed by atoms with Gasteiger partial charge >= 0.3 is 0 Å². The molecule has 0 fully saturated rings. The van der Waals surface area contributed by atoms with Crippen LogP contribution in [0.1, 0.15) is 15.9 Å². The van der Waals surface area contributed by atoms with Crippen LogP contribution in [0.3, 0.4) is 0 Å². The molecule has 0 aliphatic carbocycles. The molecule has 0 heterocycles.